The van der Waals surface area contributed by atoms with Gasteiger partial charge in [0.2, 0.25) is 0 Å². The van der Waals surface area contributed by atoms with Gasteiger partial charge < -0.3 is 15.4 Å². The minimum Gasteiger partial charge on any atom is -0.395 e. The molecule has 0 fully saturated rings. The molecule has 20 heavy (non-hydrogen) atoms. The number of pyridine rings is 1. The number of rotatable bonds is 4. The van der Waals surface area contributed by atoms with E-state index in [1.54, 1.807) is 24.4 Å². The molecule has 0 unspecified atom stereocenters. The average molecular weight is 272 g/mol. The van der Waals surface area contributed by atoms with E-state index in [1.165, 1.54) is 12.1 Å². The SMILES string of the molecule is OCCNc1nccc2[nH]c(-c3cccc(F)c3)nc12. The van der Waals surface area contributed by atoms with Crippen LogP contribution in [-0.2, 0) is 0 Å². The van der Waals surface area contributed by atoms with Crippen LogP contribution < -0.4 is 5.32 Å². The minimum atomic E-state index is -0.306. The Kier molecular flexibility index (Phi) is 3.30. The van der Waals surface area contributed by atoms with Crippen LogP contribution in [0.15, 0.2) is 36.5 Å². The highest BCUT2D eigenvalue weighted by Crippen LogP contribution is 2.24. The van der Waals surface area contributed by atoms with Crippen LogP contribution in [0.4, 0.5) is 10.2 Å². The van der Waals surface area contributed by atoms with Gasteiger partial charge in [0.25, 0.3) is 0 Å². The first-order valence-corrected chi connectivity index (χ1v) is 6.23. The van der Waals surface area contributed by atoms with Crippen molar-refractivity contribution in [2.24, 2.45) is 0 Å². The lowest BCUT2D eigenvalue weighted by Gasteiger charge is -2.02. The van der Waals surface area contributed by atoms with E-state index in [4.69, 9.17) is 5.11 Å². The Balaban J connectivity index is 2.06. The summed E-state index contributed by atoms with van der Waals surface area (Å²) in [5, 5.41) is 11.8. The van der Waals surface area contributed by atoms with E-state index in [1.807, 2.05) is 0 Å². The summed E-state index contributed by atoms with van der Waals surface area (Å²) < 4.78 is 13.3. The van der Waals surface area contributed by atoms with E-state index >= 15 is 0 Å². The van der Waals surface area contributed by atoms with Crippen molar-refractivity contribution in [2.45, 2.75) is 0 Å². The number of imidazole rings is 1. The van der Waals surface area contributed by atoms with Gasteiger partial charge in [-0.3, -0.25) is 0 Å². The zero-order valence-corrected chi connectivity index (χ0v) is 10.6. The van der Waals surface area contributed by atoms with Gasteiger partial charge in [0, 0.05) is 18.3 Å². The molecule has 0 bridgehead atoms. The fraction of sp³-hybridized carbons (Fsp3) is 0.143. The van der Waals surface area contributed by atoms with Gasteiger partial charge in [-0.1, -0.05) is 12.1 Å². The second-order valence-electron chi connectivity index (χ2n) is 4.30. The summed E-state index contributed by atoms with van der Waals surface area (Å²) in [6.07, 6.45) is 1.65. The van der Waals surface area contributed by atoms with Crippen molar-refractivity contribution in [1.29, 1.82) is 0 Å². The predicted octanol–water partition coefficient (Wildman–Crippen LogP) is 2.17. The van der Waals surface area contributed by atoms with Crippen LogP contribution in [0.1, 0.15) is 0 Å². The molecule has 0 radical (unpaired) electrons. The first kappa shape index (κ1) is 12.6. The van der Waals surface area contributed by atoms with Crippen molar-refractivity contribution in [3.63, 3.8) is 0 Å². The Morgan fingerprint density at radius 2 is 2.20 bits per heavy atom. The lowest BCUT2D eigenvalue weighted by Crippen LogP contribution is -2.07. The Morgan fingerprint density at radius 3 is 3.00 bits per heavy atom. The van der Waals surface area contributed by atoms with Crippen LogP contribution in [0.5, 0.6) is 0 Å². The number of aliphatic hydroxyl groups is 1. The third kappa shape index (κ3) is 2.33. The summed E-state index contributed by atoms with van der Waals surface area (Å²) in [6, 6.07) is 8.04. The fourth-order valence-electron chi connectivity index (χ4n) is 2.01. The van der Waals surface area contributed by atoms with E-state index in [-0.39, 0.29) is 12.4 Å². The molecule has 0 aliphatic heterocycles. The molecule has 3 rings (SSSR count). The Labute approximate surface area is 114 Å². The number of aromatic nitrogens is 3. The third-order valence-electron chi connectivity index (χ3n) is 2.90. The van der Waals surface area contributed by atoms with E-state index in [9.17, 15) is 4.39 Å². The largest absolute Gasteiger partial charge is 0.395 e. The number of fused-ring (bicyclic) bond motifs is 1. The molecule has 5 nitrogen and oxygen atoms in total. The monoisotopic (exact) mass is 272 g/mol. The summed E-state index contributed by atoms with van der Waals surface area (Å²) in [7, 11) is 0. The standard InChI is InChI=1S/C14H13FN4O/c15-10-3-1-2-9(8-10)13-18-11-4-5-16-14(12(11)19-13)17-6-7-20/h1-5,8,20H,6-7H2,(H,16,17)(H,18,19). The first-order chi connectivity index (χ1) is 9.78. The van der Waals surface area contributed by atoms with E-state index < -0.39 is 0 Å². The normalized spacial score (nSPS) is 10.9. The van der Waals surface area contributed by atoms with Crippen molar-refractivity contribution in [2.75, 3.05) is 18.5 Å². The summed E-state index contributed by atoms with van der Waals surface area (Å²) in [4.78, 5) is 11.8. The van der Waals surface area contributed by atoms with Crippen molar-refractivity contribution in [1.82, 2.24) is 15.0 Å². The molecule has 3 N–H and O–H groups in total. The van der Waals surface area contributed by atoms with Gasteiger partial charge in [-0.05, 0) is 18.2 Å². The number of anilines is 1. The molecule has 2 heterocycles. The Morgan fingerprint density at radius 1 is 1.30 bits per heavy atom. The van der Waals surface area contributed by atoms with Crippen LogP contribution in [0.25, 0.3) is 22.4 Å². The molecule has 0 saturated heterocycles. The molecule has 3 aromatic rings. The zero-order chi connectivity index (χ0) is 13.9. The van der Waals surface area contributed by atoms with Gasteiger partial charge in [0.05, 0.1) is 12.1 Å². The van der Waals surface area contributed by atoms with Gasteiger partial charge in [0.15, 0.2) is 5.82 Å². The molecule has 0 aliphatic carbocycles. The number of hydrogen-bond donors (Lipinski definition) is 3. The van der Waals surface area contributed by atoms with Gasteiger partial charge >= 0.3 is 0 Å². The summed E-state index contributed by atoms with van der Waals surface area (Å²) in [5.74, 6) is 0.870. The summed E-state index contributed by atoms with van der Waals surface area (Å²) in [6.45, 7) is 0.410. The van der Waals surface area contributed by atoms with Crippen molar-refractivity contribution < 1.29 is 9.50 Å². The molecule has 102 valence electrons. The van der Waals surface area contributed by atoms with Crippen LogP contribution >= 0.6 is 0 Å². The Bertz CT molecular complexity index is 741. The smallest absolute Gasteiger partial charge is 0.154 e. The maximum absolute atomic E-state index is 13.3. The molecule has 2 aromatic heterocycles. The molecular formula is C14H13FN4O. The van der Waals surface area contributed by atoms with Gasteiger partial charge in [-0.2, -0.15) is 0 Å². The van der Waals surface area contributed by atoms with Crippen LogP contribution in [-0.4, -0.2) is 33.2 Å². The average Bonchev–Trinajstić information content (AvgIpc) is 2.89. The topological polar surface area (TPSA) is 73.8 Å². The van der Waals surface area contributed by atoms with Gasteiger partial charge in [-0.15, -0.1) is 0 Å². The maximum Gasteiger partial charge on any atom is 0.154 e. The molecule has 0 atom stereocenters. The molecule has 6 heteroatoms. The quantitative estimate of drug-likeness (QED) is 0.680. The number of aliphatic hydroxyl groups excluding tert-OH is 1. The molecular weight excluding hydrogens is 259 g/mol. The molecule has 0 spiro atoms. The zero-order valence-electron chi connectivity index (χ0n) is 10.6. The number of nitrogens with zero attached hydrogens (tertiary/aromatic N) is 2. The van der Waals surface area contributed by atoms with Crippen LogP contribution in [0.3, 0.4) is 0 Å². The van der Waals surface area contributed by atoms with Crippen molar-refractivity contribution in [3.05, 3.63) is 42.3 Å². The number of nitrogens with one attached hydrogen (secondary N) is 2. The fourth-order valence-corrected chi connectivity index (χ4v) is 2.01. The van der Waals surface area contributed by atoms with Crippen molar-refractivity contribution in [3.8, 4) is 11.4 Å². The summed E-state index contributed by atoms with van der Waals surface area (Å²) >= 11 is 0. The predicted molar refractivity (Wildman–Crippen MR) is 74.9 cm³/mol. The maximum atomic E-state index is 13.3. The van der Waals surface area contributed by atoms with Crippen LogP contribution in [0, 0.1) is 5.82 Å². The molecule has 0 aliphatic rings. The molecule has 0 saturated carbocycles. The Hall–Kier alpha value is -2.47. The highest BCUT2D eigenvalue weighted by atomic mass is 19.1. The number of benzene rings is 1. The second kappa shape index (κ2) is 5.26. The summed E-state index contributed by atoms with van der Waals surface area (Å²) in [5.41, 5.74) is 2.15. The number of aromatic amines is 1. The first-order valence-electron chi connectivity index (χ1n) is 6.23. The van der Waals surface area contributed by atoms with Gasteiger partial charge in [-0.25, -0.2) is 14.4 Å². The number of H-pyrrole nitrogens is 1. The minimum absolute atomic E-state index is 0.0131. The molecule has 0 amide bonds. The third-order valence-corrected chi connectivity index (χ3v) is 2.90. The van der Waals surface area contributed by atoms with Crippen LogP contribution in [0.2, 0.25) is 0 Å². The second-order valence-corrected chi connectivity index (χ2v) is 4.30. The highest BCUT2D eigenvalue weighted by Gasteiger charge is 2.10. The highest BCUT2D eigenvalue weighted by molar-refractivity contribution is 5.88. The lowest BCUT2D eigenvalue weighted by atomic mass is 10.2. The number of hydrogen-bond acceptors (Lipinski definition) is 4. The van der Waals surface area contributed by atoms with E-state index in [0.29, 0.717) is 29.3 Å². The van der Waals surface area contributed by atoms with E-state index in [2.05, 4.69) is 20.3 Å². The number of halogens is 1. The van der Waals surface area contributed by atoms with Gasteiger partial charge in [0.1, 0.15) is 17.2 Å². The molecule has 1 aromatic carbocycles. The van der Waals surface area contributed by atoms with Crippen molar-refractivity contribution >= 4 is 16.9 Å². The van der Waals surface area contributed by atoms with E-state index in [0.717, 1.165) is 5.52 Å². The lowest BCUT2D eigenvalue weighted by molar-refractivity contribution is 0.311.